The van der Waals surface area contributed by atoms with Crippen molar-refractivity contribution >= 4 is 0 Å². The summed E-state index contributed by atoms with van der Waals surface area (Å²) in [5.74, 6) is 0.903. The largest absolute Gasteiger partial charge is 0.308 e. The second-order valence-corrected chi connectivity index (χ2v) is 8.19. The van der Waals surface area contributed by atoms with Gasteiger partial charge in [-0.1, -0.05) is 58.8 Å². The number of nitrogens with one attached hydrogen (secondary N) is 1. The first-order valence-corrected chi connectivity index (χ1v) is 9.72. The van der Waals surface area contributed by atoms with Gasteiger partial charge in [-0.2, -0.15) is 0 Å². The van der Waals surface area contributed by atoms with Gasteiger partial charge in [0.2, 0.25) is 0 Å². The van der Waals surface area contributed by atoms with E-state index in [1.54, 1.807) is 0 Å². The van der Waals surface area contributed by atoms with Gasteiger partial charge in [0.05, 0.1) is 0 Å². The second kappa shape index (κ2) is 6.58. The van der Waals surface area contributed by atoms with Crippen molar-refractivity contribution in [1.29, 1.82) is 0 Å². The summed E-state index contributed by atoms with van der Waals surface area (Å²) in [5, 5.41) is 4.05. The summed E-state index contributed by atoms with van der Waals surface area (Å²) in [6, 6.07) is 0. The first-order chi connectivity index (χ1) is 10.2. The van der Waals surface area contributed by atoms with E-state index in [0.717, 1.165) is 5.92 Å². The Bertz CT molecular complexity index is 322. The van der Waals surface area contributed by atoms with Crippen molar-refractivity contribution in [2.45, 2.75) is 95.6 Å². The average molecular weight is 293 g/mol. The maximum absolute atomic E-state index is 4.05. The highest BCUT2D eigenvalue weighted by Crippen LogP contribution is 2.42. The van der Waals surface area contributed by atoms with Crippen molar-refractivity contribution in [2.75, 3.05) is 19.6 Å². The summed E-state index contributed by atoms with van der Waals surface area (Å²) in [5.41, 5.74) is 0.989. The average Bonchev–Trinajstić information content (AvgIpc) is 2.98. The monoisotopic (exact) mass is 292 g/mol. The molecule has 0 bridgehead atoms. The van der Waals surface area contributed by atoms with Gasteiger partial charge in [-0.25, -0.2) is 0 Å². The van der Waals surface area contributed by atoms with Crippen LogP contribution in [0.3, 0.4) is 0 Å². The lowest BCUT2D eigenvalue weighted by molar-refractivity contribution is -0.0278. The number of hydrogen-bond acceptors (Lipinski definition) is 2. The molecule has 2 saturated carbocycles. The molecule has 3 fully saturated rings. The topological polar surface area (TPSA) is 15.3 Å². The van der Waals surface area contributed by atoms with Crippen molar-refractivity contribution < 1.29 is 0 Å². The fraction of sp³-hybridized carbons (Fsp3) is 1.00. The molecule has 122 valence electrons. The third-order valence-electron chi connectivity index (χ3n) is 6.94. The minimum Gasteiger partial charge on any atom is -0.308 e. The van der Waals surface area contributed by atoms with Crippen LogP contribution >= 0.6 is 0 Å². The summed E-state index contributed by atoms with van der Waals surface area (Å²) < 4.78 is 0. The van der Waals surface area contributed by atoms with Crippen LogP contribution in [0, 0.1) is 5.92 Å². The third-order valence-corrected chi connectivity index (χ3v) is 6.94. The first-order valence-electron chi connectivity index (χ1n) is 9.72. The van der Waals surface area contributed by atoms with Gasteiger partial charge >= 0.3 is 0 Å². The van der Waals surface area contributed by atoms with Crippen molar-refractivity contribution in [1.82, 2.24) is 10.2 Å². The van der Waals surface area contributed by atoms with E-state index >= 15 is 0 Å². The van der Waals surface area contributed by atoms with Gasteiger partial charge in [0.15, 0.2) is 0 Å². The minimum atomic E-state index is 0.481. The summed E-state index contributed by atoms with van der Waals surface area (Å²) >= 11 is 0. The molecule has 1 heterocycles. The molecular weight excluding hydrogens is 256 g/mol. The Morgan fingerprint density at radius 2 is 1.52 bits per heavy atom. The molecule has 2 heteroatoms. The zero-order chi connectivity index (χ0) is 14.8. The highest BCUT2D eigenvalue weighted by molar-refractivity contribution is 5.08. The maximum atomic E-state index is 4.05. The van der Waals surface area contributed by atoms with Crippen molar-refractivity contribution in [3.05, 3.63) is 0 Å². The van der Waals surface area contributed by atoms with E-state index in [-0.39, 0.29) is 0 Å². The molecule has 1 saturated heterocycles. The van der Waals surface area contributed by atoms with Gasteiger partial charge in [0, 0.05) is 30.7 Å². The van der Waals surface area contributed by atoms with Crippen molar-refractivity contribution in [3.8, 4) is 0 Å². The third kappa shape index (κ3) is 3.17. The molecule has 0 aromatic heterocycles. The molecule has 0 amide bonds. The van der Waals surface area contributed by atoms with Crippen LogP contribution in [0.2, 0.25) is 0 Å². The number of piperazine rings is 1. The van der Waals surface area contributed by atoms with Crippen LogP contribution in [0.5, 0.6) is 0 Å². The van der Waals surface area contributed by atoms with Gasteiger partial charge in [0.1, 0.15) is 0 Å². The smallest absolute Gasteiger partial charge is 0.0335 e. The number of rotatable bonds is 4. The summed E-state index contributed by atoms with van der Waals surface area (Å²) in [7, 11) is 0. The lowest BCUT2D eigenvalue weighted by Crippen LogP contribution is -2.70. The van der Waals surface area contributed by atoms with Crippen molar-refractivity contribution in [3.63, 3.8) is 0 Å². The predicted molar refractivity (Wildman–Crippen MR) is 90.7 cm³/mol. The van der Waals surface area contributed by atoms with Crippen molar-refractivity contribution in [2.24, 2.45) is 5.92 Å². The Morgan fingerprint density at radius 3 is 2.14 bits per heavy atom. The fourth-order valence-electron chi connectivity index (χ4n) is 5.26. The minimum absolute atomic E-state index is 0.481. The standard InChI is InChI=1S/C19H36N2/c1-3-17(4-2)14-21-16-18(10-8-9-11-18)20-15-19(21)12-6-5-7-13-19/h17,20H,3-16H2,1-2H3. The van der Waals surface area contributed by atoms with Crippen LogP contribution < -0.4 is 5.32 Å². The van der Waals surface area contributed by atoms with Crippen LogP contribution in [-0.2, 0) is 0 Å². The molecule has 2 nitrogen and oxygen atoms in total. The molecule has 2 spiro atoms. The molecule has 2 aliphatic carbocycles. The first kappa shape index (κ1) is 15.8. The normalized spacial score (nSPS) is 28.7. The van der Waals surface area contributed by atoms with E-state index in [1.807, 2.05) is 0 Å². The van der Waals surface area contributed by atoms with Crippen LogP contribution in [0.4, 0.5) is 0 Å². The summed E-state index contributed by atoms with van der Waals surface area (Å²) in [4.78, 5) is 2.98. The molecule has 0 aromatic rings. The van der Waals surface area contributed by atoms with Gasteiger partial charge in [-0.15, -0.1) is 0 Å². The fourth-order valence-corrected chi connectivity index (χ4v) is 5.26. The molecule has 0 aromatic carbocycles. The van der Waals surface area contributed by atoms with Crippen LogP contribution in [-0.4, -0.2) is 35.6 Å². The van der Waals surface area contributed by atoms with Crippen LogP contribution in [0.15, 0.2) is 0 Å². The van der Waals surface area contributed by atoms with Gasteiger partial charge in [0.25, 0.3) is 0 Å². The Balaban J connectivity index is 1.76. The molecule has 21 heavy (non-hydrogen) atoms. The van der Waals surface area contributed by atoms with E-state index in [9.17, 15) is 0 Å². The predicted octanol–water partition coefficient (Wildman–Crippen LogP) is 4.34. The summed E-state index contributed by atoms with van der Waals surface area (Å²) in [6.07, 6.45) is 15.7. The highest BCUT2D eigenvalue weighted by atomic mass is 15.3. The molecular formula is C19H36N2. The second-order valence-electron chi connectivity index (χ2n) is 8.19. The lowest BCUT2D eigenvalue weighted by atomic mass is 9.75. The van der Waals surface area contributed by atoms with Crippen LogP contribution in [0.1, 0.15) is 84.5 Å². The SMILES string of the molecule is CCC(CC)CN1CC2(CCCC2)NCC12CCCCC2. The Hall–Kier alpha value is -0.0800. The molecule has 0 unspecified atom stereocenters. The highest BCUT2D eigenvalue weighted by Gasteiger charge is 2.48. The number of nitrogens with zero attached hydrogens (tertiary/aromatic N) is 1. The molecule has 1 N–H and O–H groups in total. The quantitative estimate of drug-likeness (QED) is 0.829. The molecule has 0 radical (unpaired) electrons. The number of hydrogen-bond donors (Lipinski definition) is 1. The van der Waals surface area contributed by atoms with E-state index in [1.165, 1.54) is 90.3 Å². The Morgan fingerprint density at radius 1 is 0.905 bits per heavy atom. The molecule has 1 aliphatic heterocycles. The molecule has 3 rings (SSSR count). The van der Waals surface area contributed by atoms with Gasteiger partial charge in [-0.3, -0.25) is 4.90 Å². The van der Waals surface area contributed by atoms with E-state index in [0.29, 0.717) is 11.1 Å². The maximum Gasteiger partial charge on any atom is 0.0335 e. The molecule has 3 aliphatic rings. The Kier molecular flexibility index (Phi) is 4.95. The lowest BCUT2D eigenvalue weighted by Gasteiger charge is -2.56. The van der Waals surface area contributed by atoms with Crippen LogP contribution in [0.25, 0.3) is 0 Å². The van der Waals surface area contributed by atoms with E-state index in [2.05, 4.69) is 24.1 Å². The zero-order valence-electron chi connectivity index (χ0n) is 14.4. The summed E-state index contributed by atoms with van der Waals surface area (Å²) in [6.45, 7) is 8.73. The van der Waals surface area contributed by atoms with E-state index < -0.39 is 0 Å². The Labute approximate surface area is 132 Å². The zero-order valence-corrected chi connectivity index (χ0v) is 14.4. The van der Waals surface area contributed by atoms with Gasteiger partial charge < -0.3 is 5.32 Å². The van der Waals surface area contributed by atoms with E-state index in [4.69, 9.17) is 0 Å². The van der Waals surface area contributed by atoms with Gasteiger partial charge in [-0.05, 0) is 31.6 Å². The molecule has 0 atom stereocenters.